The van der Waals surface area contributed by atoms with Crippen LogP contribution in [0.2, 0.25) is 0 Å². The lowest BCUT2D eigenvalue weighted by molar-refractivity contribution is -0.0291. The standard InChI is InChI=1S/C15H27N3O/c1-4-16-15(13-10-17-18(5-2)11-13)9-12-7-14(8-12)19-6-3/h10-12,14-16H,4-9H2,1-3H3. The maximum absolute atomic E-state index is 5.64. The number of aromatic nitrogens is 2. The van der Waals surface area contributed by atoms with Crippen molar-refractivity contribution in [1.29, 1.82) is 0 Å². The average Bonchev–Trinajstić information content (AvgIpc) is 2.84. The second kappa shape index (κ2) is 7.06. The molecule has 0 amide bonds. The molecule has 1 N–H and O–H groups in total. The minimum Gasteiger partial charge on any atom is -0.378 e. The molecule has 4 heteroatoms. The molecule has 0 bridgehead atoms. The highest BCUT2D eigenvalue weighted by molar-refractivity contribution is 5.11. The Morgan fingerprint density at radius 2 is 2.21 bits per heavy atom. The van der Waals surface area contributed by atoms with E-state index in [9.17, 15) is 0 Å². The summed E-state index contributed by atoms with van der Waals surface area (Å²) >= 11 is 0. The summed E-state index contributed by atoms with van der Waals surface area (Å²) in [4.78, 5) is 0. The molecule has 1 unspecified atom stereocenters. The van der Waals surface area contributed by atoms with E-state index in [1.165, 1.54) is 24.8 Å². The molecule has 1 heterocycles. The fraction of sp³-hybridized carbons (Fsp3) is 0.800. The van der Waals surface area contributed by atoms with E-state index < -0.39 is 0 Å². The van der Waals surface area contributed by atoms with E-state index in [1.54, 1.807) is 0 Å². The van der Waals surface area contributed by atoms with Gasteiger partial charge in [0.25, 0.3) is 0 Å². The number of nitrogens with zero attached hydrogens (tertiary/aromatic N) is 2. The van der Waals surface area contributed by atoms with E-state index in [1.807, 2.05) is 10.9 Å². The zero-order chi connectivity index (χ0) is 13.7. The van der Waals surface area contributed by atoms with E-state index in [2.05, 4.69) is 37.4 Å². The molecule has 108 valence electrons. The van der Waals surface area contributed by atoms with E-state index in [0.29, 0.717) is 12.1 Å². The van der Waals surface area contributed by atoms with Crippen LogP contribution in [0.5, 0.6) is 0 Å². The van der Waals surface area contributed by atoms with E-state index in [-0.39, 0.29) is 0 Å². The van der Waals surface area contributed by atoms with Crippen molar-refractivity contribution >= 4 is 0 Å². The van der Waals surface area contributed by atoms with Gasteiger partial charge in [-0.05, 0) is 45.6 Å². The Morgan fingerprint density at radius 1 is 1.42 bits per heavy atom. The van der Waals surface area contributed by atoms with Crippen molar-refractivity contribution in [3.8, 4) is 0 Å². The first-order valence-electron chi connectivity index (χ1n) is 7.64. The number of ether oxygens (including phenoxy) is 1. The number of rotatable bonds is 8. The summed E-state index contributed by atoms with van der Waals surface area (Å²) in [6, 6.07) is 0.442. The van der Waals surface area contributed by atoms with Crippen LogP contribution in [0.25, 0.3) is 0 Å². The minimum atomic E-state index is 0.442. The third-order valence-electron chi connectivity index (χ3n) is 3.99. The Labute approximate surface area is 116 Å². The van der Waals surface area contributed by atoms with Gasteiger partial charge in [0.2, 0.25) is 0 Å². The average molecular weight is 265 g/mol. The van der Waals surface area contributed by atoms with Gasteiger partial charge in [-0.1, -0.05) is 6.92 Å². The van der Waals surface area contributed by atoms with Crippen molar-refractivity contribution in [3.63, 3.8) is 0 Å². The molecule has 1 aliphatic carbocycles. The van der Waals surface area contributed by atoms with Crippen LogP contribution >= 0.6 is 0 Å². The predicted octanol–water partition coefficient (Wildman–Crippen LogP) is 2.76. The summed E-state index contributed by atoms with van der Waals surface area (Å²) in [5.74, 6) is 0.797. The second-order valence-corrected chi connectivity index (χ2v) is 5.39. The Bertz CT molecular complexity index is 371. The molecule has 0 radical (unpaired) electrons. The summed E-state index contributed by atoms with van der Waals surface area (Å²) in [5, 5.41) is 7.97. The number of hydrogen-bond donors (Lipinski definition) is 1. The predicted molar refractivity (Wildman–Crippen MR) is 77.1 cm³/mol. The van der Waals surface area contributed by atoms with Crippen LogP contribution in [0.4, 0.5) is 0 Å². The molecule has 0 spiro atoms. The molecule has 1 atom stereocenters. The van der Waals surface area contributed by atoms with Crippen molar-refractivity contribution < 1.29 is 4.74 Å². The van der Waals surface area contributed by atoms with Gasteiger partial charge in [-0.2, -0.15) is 5.10 Å². The smallest absolute Gasteiger partial charge is 0.0580 e. The molecular weight excluding hydrogens is 238 g/mol. The van der Waals surface area contributed by atoms with Gasteiger partial charge in [0.05, 0.1) is 12.3 Å². The maximum atomic E-state index is 5.64. The summed E-state index contributed by atoms with van der Waals surface area (Å²) in [6.45, 7) is 9.15. The van der Waals surface area contributed by atoms with Crippen molar-refractivity contribution in [2.24, 2.45) is 5.92 Å². The van der Waals surface area contributed by atoms with Gasteiger partial charge < -0.3 is 10.1 Å². The number of nitrogens with one attached hydrogen (secondary N) is 1. The van der Waals surface area contributed by atoms with Gasteiger partial charge in [0.1, 0.15) is 0 Å². The topological polar surface area (TPSA) is 39.1 Å². The first kappa shape index (κ1) is 14.5. The first-order valence-corrected chi connectivity index (χ1v) is 7.64. The van der Waals surface area contributed by atoms with Crippen LogP contribution in [0, 0.1) is 5.92 Å². The SMILES string of the molecule is CCNC(CC1CC(OCC)C1)c1cnn(CC)c1. The zero-order valence-electron chi connectivity index (χ0n) is 12.4. The van der Waals surface area contributed by atoms with Crippen LogP contribution in [-0.4, -0.2) is 29.0 Å². The molecule has 19 heavy (non-hydrogen) atoms. The normalized spacial score (nSPS) is 24.2. The van der Waals surface area contributed by atoms with E-state index in [4.69, 9.17) is 4.74 Å². The summed E-state index contributed by atoms with van der Waals surface area (Å²) in [7, 11) is 0. The quantitative estimate of drug-likeness (QED) is 0.785. The lowest BCUT2D eigenvalue weighted by Crippen LogP contribution is -2.34. The minimum absolute atomic E-state index is 0.442. The summed E-state index contributed by atoms with van der Waals surface area (Å²) < 4.78 is 7.64. The third kappa shape index (κ3) is 3.80. The summed E-state index contributed by atoms with van der Waals surface area (Å²) in [5.41, 5.74) is 1.32. The van der Waals surface area contributed by atoms with Crippen LogP contribution in [-0.2, 0) is 11.3 Å². The zero-order valence-corrected chi connectivity index (χ0v) is 12.4. The Hall–Kier alpha value is -0.870. The van der Waals surface area contributed by atoms with Crippen LogP contribution in [0.1, 0.15) is 51.6 Å². The molecule has 4 nitrogen and oxygen atoms in total. The van der Waals surface area contributed by atoms with Gasteiger partial charge in [0.15, 0.2) is 0 Å². The highest BCUT2D eigenvalue weighted by Gasteiger charge is 2.31. The van der Waals surface area contributed by atoms with Crippen LogP contribution < -0.4 is 5.32 Å². The molecule has 0 saturated heterocycles. The molecule has 1 aromatic rings. The molecule has 1 fully saturated rings. The summed E-state index contributed by atoms with van der Waals surface area (Å²) in [6.07, 6.45) is 8.33. The van der Waals surface area contributed by atoms with Gasteiger partial charge >= 0.3 is 0 Å². The highest BCUT2D eigenvalue weighted by atomic mass is 16.5. The van der Waals surface area contributed by atoms with Crippen molar-refractivity contribution in [3.05, 3.63) is 18.0 Å². The largest absolute Gasteiger partial charge is 0.378 e. The third-order valence-corrected chi connectivity index (χ3v) is 3.99. The fourth-order valence-electron chi connectivity index (χ4n) is 2.89. The second-order valence-electron chi connectivity index (χ2n) is 5.39. The number of hydrogen-bond acceptors (Lipinski definition) is 3. The van der Waals surface area contributed by atoms with Crippen LogP contribution in [0.15, 0.2) is 12.4 Å². The highest BCUT2D eigenvalue weighted by Crippen LogP contribution is 2.36. The molecular formula is C15H27N3O. The van der Waals surface area contributed by atoms with Crippen molar-refractivity contribution in [2.45, 2.75) is 58.7 Å². The van der Waals surface area contributed by atoms with Gasteiger partial charge in [-0.15, -0.1) is 0 Å². The lowest BCUT2D eigenvalue weighted by atomic mass is 9.77. The number of aryl methyl sites for hydroxylation is 1. The Balaban J connectivity index is 1.86. The fourth-order valence-corrected chi connectivity index (χ4v) is 2.89. The molecule has 0 aliphatic heterocycles. The van der Waals surface area contributed by atoms with Crippen LogP contribution in [0.3, 0.4) is 0 Å². The van der Waals surface area contributed by atoms with E-state index in [0.717, 1.165) is 25.6 Å². The van der Waals surface area contributed by atoms with Gasteiger partial charge in [-0.3, -0.25) is 4.68 Å². The lowest BCUT2D eigenvalue weighted by Gasteiger charge is -2.37. The molecule has 1 saturated carbocycles. The van der Waals surface area contributed by atoms with Gasteiger partial charge in [-0.25, -0.2) is 0 Å². The molecule has 0 aromatic carbocycles. The first-order chi connectivity index (χ1) is 9.26. The van der Waals surface area contributed by atoms with Crippen molar-refractivity contribution in [1.82, 2.24) is 15.1 Å². The molecule has 2 rings (SSSR count). The monoisotopic (exact) mass is 265 g/mol. The maximum Gasteiger partial charge on any atom is 0.0580 e. The van der Waals surface area contributed by atoms with Crippen molar-refractivity contribution in [2.75, 3.05) is 13.2 Å². The Kier molecular flexibility index (Phi) is 5.40. The van der Waals surface area contributed by atoms with Gasteiger partial charge in [0, 0.05) is 31.0 Å². The van der Waals surface area contributed by atoms with E-state index >= 15 is 0 Å². The Morgan fingerprint density at radius 3 is 2.79 bits per heavy atom. The molecule has 1 aromatic heterocycles. The molecule has 1 aliphatic rings.